The van der Waals surface area contributed by atoms with Gasteiger partial charge in [-0.3, -0.25) is 0 Å². The lowest BCUT2D eigenvalue weighted by Crippen LogP contribution is -2.07. The number of aliphatic hydroxyl groups is 1. The summed E-state index contributed by atoms with van der Waals surface area (Å²) in [6, 6.07) is 0. The molecule has 1 atom stereocenters. The summed E-state index contributed by atoms with van der Waals surface area (Å²) in [5.74, 6) is 0. The minimum atomic E-state index is 0.116. The van der Waals surface area contributed by atoms with Crippen LogP contribution < -0.4 is 11.5 Å². The molecule has 0 aromatic heterocycles. The molecule has 66 valence electrons. The fraction of sp³-hybridized carbons (Fsp3) is 0.667. The zero-order chi connectivity index (χ0) is 8.69. The highest BCUT2D eigenvalue weighted by Crippen LogP contribution is 2.36. The van der Waals surface area contributed by atoms with Crippen molar-refractivity contribution in [2.24, 2.45) is 11.5 Å². The number of nitrogens with two attached hydrogens (primary N) is 2. The maximum atomic E-state index is 7.88. The Hall–Kier alpha value is 0.160. The first-order valence-electron chi connectivity index (χ1n) is 3.37. The second-order valence-corrected chi connectivity index (χ2v) is 4.39. The first-order valence-corrected chi connectivity index (χ1v) is 5.59. The molecule has 1 unspecified atom stereocenters. The maximum absolute atomic E-state index is 7.88. The summed E-state index contributed by atoms with van der Waals surface area (Å²) in [5, 5.41) is 8.82. The van der Waals surface area contributed by atoms with Crippen molar-refractivity contribution in [3.63, 3.8) is 0 Å². The van der Waals surface area contributed by atoms with Crippen LogP contribution in [-0.4, -0.2) is 17.1 Å². The van der Waals surface area contributed by atoms with Gasteiger partial charge in [0, 0.05) is 6.61 Å². The Morgan fingerprint density at radius 2 is 2.27 bits per heavy atom. The quantitative estimate of drug-likeness (QED) is 0.540. The van der Waals surface area contributed by atoms with Crippen molar-refractivity contribution < 1.29 is 5.11 Å². The van der Waals surface area contributed by atoms with Gasteiger partial charge in [-0.1, -0.05) is 17.7 Å². The van der Waals surface area contributed by atoms with E-state index in [-0.39, 0.29) is 5.37 Å². The molecule has 5 N–H and O–H groups in total. The number of hydrogen-bond acceptors (Lipinski definition) is 5. The van der Waals surface area contributed by atoms with Gasteiger partial charge in [-0.2, -0.15) is 0 Å². The third kappa shape index (κ3) is 6.55. The van der Waals surface area contributed by atoms with Crippen LogP contribution in [0, 0.1) is 0 Å². The molecule has 0 aliphatic carbocycles. The van der Waals surface area contributed by atoms with Crippen molar-refractivity contribution >= 4 is 21.6 Å². The molecule has 0 spiro atoms. The van der Waals surface area contributed by atoms with Crippen LogP contribution in [-0.2, 0) is 0 Å². The smallest absolute Gasteiger partial charge is 0.0830 e. The molecule has 11 heavy (non-hydrogen) atoms. The highest BCUT2D eigenvalue weighted by atomic mass is 33.1. The standard InChI is InChI=1S/C3H6N2S2.C3H8O/c4-2-1-3(5)7-6-2;1-2-3-4/h1-2H,4-5H2;4H,2-3H2,1H3. The minimum absolute atomic E-state index is 0.116. The molecule has 3 nitrogen and oxygen atoms in total. The molecule has 0 saturated carbocycles. The SMILES string of the molecule is CCCO.NC1=CC(N)SS1. The van der Waals surface area contributed by atoms with Gasteiger partial charge in [-0.15, -0.1) is 0 Å². The topological polar surface area (TPSA) is 72.3 Å². The Morgan fingerprint density at radius 1 is 1.73 bits per heavy atom. The fourth-order valence-electron chi connectivity index (χ4n) is 0.329. The summed E-state index contributed by atoms with van der Waals surface area (Å²) >= 11 is 0. The molecule has 0 fully saturated rings. The van der Waals surface area contributed by atoms with E-state index in [4.69, 9.17) is 16.6 Å². The van der Waals surface area contributed by atoms with Gasteiger partial charge in [-0.25, -0.2) is 0 Å². The number of aliphatic hydroxyl groups excluding tert-OH is 1. The largest absolute Gasteiger partial charge is 0.396 e. The second-order valence-electron chi connectivity index (χ2n) is 1.94. The lowest BCUT2D eigenvalue weighted by atomic mass is 10.5. The molecular weight excluding hydrogens is 180 g/mol. The van der Waals surface area contributed by atoms with E-state index in [0.29, 0.717) is 6.61 Å². The molecule has 1 aliphatic heterocycles. The Balaban J connectivity index is 0.000000218. The van der Waals surface area contributed by atoms with Crippen molar-refractivity contribution in [1.29, 1.82) is 0 Å². The molecular formula is C6H14N2OS2. The Kier molecular flexibility index (Phi) is 6.94. The van der Waals surface area contributed by atoms with Crippen LogP contribution in [0.25, 0.3) is 0 Å². The van der Waals surface area contributed by atoms with E-state index < -0.39 is 0 Å². The molecule has 0 radical (unpaired) electrons. The third-order valence-corrected chi connectivity index (χ3v) is 3.12. The molecule has 0 bridgehead atoms. The molecule has 0 aromatic rings. The molecule has 1 heterocycles. The van der Waals surface area contributed by atoms with Gasteiger partial charge < -0.3 is 16.6 Å². The number of hydrogen-bond donors (Lipinski definition) is 3. The molecule has 1 rings (SSSR count). The van der Waals surface area contributed by atoms with Crippen LogP contribution in [0.4, 0.5) is 0 Å². The summed E-state index contributed by atoms with van der Waals surface area (Å²) in [6.45, 7) is 2.25. The zero-order valence-corrected chi connectivity index (χ0v) is 8.12. The summed E-state index contributed by atoms with van der Waals surface area (Å²) in [6.07, 6.45) is 2.72. The molecule has 0 aromatic carbocycles. The van der Waals surface area contributed by atoms with Gasteiger partial charge in [0.25, 0.3) is 0 Å². The van der Waals surface area contributed by atoms with Gasteiger partial charge in [0.1, 0.15) is 0 Å². The molecule has 5 heteroatoms. The summed E-state index contributed by atoms with van der Waals surface area (Å²) < 4.78 is 0. The van der Waals surface area contributed by atoms with Crippen LogP contribution in [0.2, 0.25) is 0 Å². The van der Waals surface area contributed by atoms with E-state index in [1.807, 2.05) is 13.0 Å². The van der Waals surface area contributed by atoms with E-state index >= 15 is 0 Å². The van der Waals surface area contributed by atoms with E-state index in [1.165, 1.54) is 10.8 Å². The Morgan fingerprint density at radius 3 is 2.36 bits per heavy atom. The van der Waals surface area contributed by atoms with E-state index in [2.05, 4.69) is 0 Å². The highest BCUT2D eigenvalue weighted by molar-refractivity contribution is 8.78. The van der Waals surface area contributed by atoms with Gasteiger partial charge in [0.15, 0.2) is 0 Å². The maximum Gasteiger partial charge on any atom is 0.0830 e. The highest BCUT2D eigenvalue weighted by Gasteiger charge is 2.08. The van der Waals surface area contributed by atoms with Crippen LogP contribution in [0.1, 0.15) is 13.3 Å². The fourth-order valence-corrected chi connectivity index (χ4v) is 2.04. The van der Waals surface area contributed by atoms with Crippen LogP contribution >= 0.6 is 21.6 Å². The lowest BCUT2D eigenvalue weighted by Gasteiger charge is -1.88. The average molecular weight is 194 g/mol. The van der Waals surface area contributed by atoms with Crippen molar-refractivity contribution in [2.45, 2.75) is 18.7 Å². The molecule has 0 amide bonds. The Bertz CT molecular complexity index is 128. The first kappa shape index (κ1) is 11.2. The normalized spacial score (nSPS) is 22.1. The van der Waals surface area contributed by atoms with Gasteiger partial charge in [-0.05, 0) is 23.3 Å². The first-order chi connectivity index (χ1) is 5.20. The van der Waals surface area contributed by atoms with Crippen molar-refractivity contribution in [2.75, 3.05) is 6.61 Å². The predicted octanol–water partition coefficient (Wildman–Crippen LogP) is 0.855. The zero-order valence-electron chi connectivity index (χ0n) is 6.49. The van der Waals surface area contributed by atoms with Crippen LogP contribution in [0.3, 0.4) is 0 Å². The second kappa shape index (κ2) is 6.84. The number of rotatable bonds is 1. The van der Waals surface area contributed by atoms with Crippen LogP contribution in [0.15, 0.2) is 11.1 Å². The van der Waals surface area contributed by atoms with Crippen molar-refractivity contribution in [3.8, 4) is 0 Å². The van der Waals surface area contributed by atoms with Crippen LogP contribution in [0.5, 0.6) is 0 Å². The lowest BCUT2D eigenvalue weighted by molar-refractivity contribution is 0.295. The van der Waals surface area contributed by atoms with Gasteiger partial charge >= 0.3 is 0 Å². The van der Waals surface area contributed by atoms with Gasteiger partial charge in [0.05, 0.1) is 10.4 Å². The van der Waals surface area contributed by atoms with E-state index in [1.54, 1.807) is 10.8 Å². The average Bonchev–Trinajstić information content (AvgIpc) is 2.35. The molecule has 1 aliphatic rings. The van der Waals surface area contributed by atoms with E-state index in [0.717, 1.165) is 11.4 Å². The Labute approximate surface area is 75.0 Å². The molecule has 0 saturated heterocycles. The van der Waals surface area contributed by atoms with E-state index in [9.17, 15) is 0 Å². The third-order valence-electron chi connectivity index (χ3n) is 0.808. The summed E-state index contributed by atoms with van der Waals surface area (Å²) in [5.41, 5.74) is 10.8. The predicted molar refractivity (Wildman–Crippen MR) is 52.8 cm³/mol. The monoisotopic (exact) mass is 194 g/mol. The minimum Gasteiger partial charge on any atom is -0.396 e. The van der Waals surface area contributed by atoms with Crippen molar-refractivity contribution in [1.82, 2.24) is 0 Å². The van der Waals surface area contributed by atoms with Crippen molar-refractivity contribution in [3.05, 3.63) is 11.1 Å². The summed E-state index contributed by atoms with van der Waals surface area (Å²) in [7, 11) is 3.12. The van der Waals surface area contributed by atoms with Gasteiger partial charge in [0.2, 0.25) is 0 Å². The summed E-state index contributed by atoms with van der Waals surface area (Å²) in [4.78, 5) is 0.